The molecule has 0 saturated carbocycles. The third kappa shape index (κ3) is 3.72. The van der Waals surface area contributed by atoms with E-state index in [1.54, 1.807) is 4.57 Å². The fraction of sp³-hybridized carbons (Fsp3) is 0.389. The minimum atomic E-state index is -0.532. The van der Waals surface area contributed by atoms with E-state index in [4.69, 9.17) is 4.74 Å². The Morgan fingerprint density at radius 2 is 2.25 bits per heavy atom. The van der Waals surface area contributed by atoms with E-state index in [9.17, 15) is 19.7 Å². The monoisotopic (exact) mass is 404 g/mol. The van der Waals surface area contributed by atoms with Crippen molar-refractivity contribution in [3.05, 3.63) is 49.9 Å². The van der Waals surface area contributed by atoms with Crippen LogP contribution in [0.4, 0.5) is 11.4 Å². The lowest BCUT2D eigenvalue weighted by Crippen LogP contribution is -2.38. The average molecular weight is 404 g/mol. The Labute approximate surface area is 165 Å². The van der Waals surface area contributed by atoms with Crippen LogP contribution in [0.5, 0.6) is 5.75 Å². The summed E-state index contributed by atoms with van der Waals surface area (Å²) in [4.78, 5) is 40.3. The molecule has 1 aromatic carbocycles. The van der Waals surface area contributed by atoms with Crippen LogP contribution in [0.25, 0.3) is 0 Å². The van der Waals surface area contributed by atoms with Crippen LogP contribution in [-0.4, -0.2) is 33.2 Å². The molecule has 1 aliphatic heterocycles. The second-order valence-corrected chi connectivity index (χ2v) is 7.35. The van der Waals surface area contributed by atoms with Crippen molar-refractivity contribution in [2.45, 2.75) is 32.0 Å². The number of amides is 1. The molecule has 1 aliphatic rings. The van der Waals surface area contributed by atoms with Crippen LogP contribution in [0, 0.1) is 23.0 Å². The molecule has 10 heteroatoms. The van der Waals surface area contributed by atoms with E-state index in [0.717, 1.165) is 5.69 Å². The zero-order valence-electron chi connectivity index (χ0n) is 15.7. The van der Waals surface area contributed by atoms with E-state index >= 15 is 0 Å². The minimum absolute atomic E-state index is 0.108. The molecule has 0 spiro atoms. The number of hydrogen-bond donors (Lipinski definition) is 1. The number of hydrogen-bond acceptors (Lipinski definition) is 7. The Morgan fingerprint density at radius 1 is 1.50 bits per heavy atom. The number of aromatic nitrogens is 2. The molecule has 0 saturated heterocycles. The molecule has 0 bridgehead atoms. The first-order chi connectivity index (χ1) is 13.3. The zero-order valence-corrected chi connectivity index (χ0v) is 16.5. The van der Waals surface area contributed by atoms with Crippen molar-refractivity contribution < 1.29 is 14.5 Å². The van der Waals surface area contributed by atoms with Crippen molar-refractivity contribution in [3.8, 4) is 5.75 Å². The molecule has 3 rings (SSSR count). The molecular formula is C18H20N4O5S. The van der Waals surface area contributed by atoms with Crippen molar-refractivity contribution in [1.29, 1.82) is 0 Å². The molecule has 148 valence electrons. The molecule has 1 unspecified atom stereocenters. The summed E-state index contributed by atoms with van der Waals surface area (Å²) in [6, 6.07) is 3.99. The summed E-state index contributed by atoms with van der Waals surface area (Å²) in [6.07, 6.45) is 0.583. The quantitative estimate of drug-likeness (QED) is 0.462. The van der Waals surface area contributed by atoms with Gasteiger partial charge in [-0.05, 0) is 19.4 Å². The van der Waals surface area contributed by atoms with Gasteiger partial charge in [-0.15, -0.1) is 0 Å². The molecule has 2 heterocycles. The highest BCUT2D eigenvalue weighted by Crippen LogP contribution is 2.31. The fourth-order valence-corrected chi connectivity index (χ4v) is 4.21. The molecule has 1 amide bonds. The second kappa shape index (κ2) is 8.01. The Kier molecular flexibility index (Phi) is 5.68. The number of thioether (sulfide) groups is 1. The van der Waals surface area contributed by atoms with Crippen molar-refractivity contribution in [2.24, 2.45) is 5.92 Å². The second-order valence-electron chi connectivity index (χ2n) is 6.37. The first-order valence-corrected chi connectivity index (χ1v) is 9.70. The van der Waals surface area contributed by atoms with E-state index in [1.165, 1.54) is 37.1 Å². The summed E-state index contributed by atoms with van der Waals surface area (Å²) in [7, 11) is 1.38. The van der Waals surface area contributed by atoms with Crippen molar-refractivity contribution in [3.63, 3.8) is 0 Å². The molecule has 28 heavy (non-hydrogen) atoms. The van der Waals surface area contributed by atoms with Gasteiger partial charge in [0.05, 0.1) is 29.7 Å². The van der Waals surface area contributed by atoms with Crippen molar-refractivity contribution in [2.75, 3.05) is 18.2 Å². The van der Waals surface area contributed by atoms with Crippen LogP contribution < -0.4 is 15.6 Å². The molecule has 1 N–H and O–H groups in total. The molecule has 0 radical (unpaired) electrons. The number of nitro groups is 1. The predicted octanol–water partition coefficient (Wildman–Crippen LogP) is 2.39. The van der Waals surface area contributed by atoms with Crippen LogP contribution in [0.15, 0.2) is 28.2 Å². The number of ether oxygens (including phenoxy) is 1. The maximum atomic E-state index is 12.7. The number of methoxy groups -OCH3 is 1. The van der Waals surface area contributed by atoms with Crippen LogP contribution in [0.3, 0.4) is 0 Å². The van der Waals surface area contributed by atoms with Crippen LogP contribution in [-0.2, 0) is 17.8 Å². The average Bonchev–Trinajstić information content (AvgIpc) is 2.68. The van der Waals surface area contributed by atoms with Gasteiger partial charge in [-0.2, -0.15) is 0 Å². The van der Waals surface area contributed by atoms with Gasteiger partial charge in [-0.1, -0.05) is 18.7 Å². The summed E-state index contributed by atoms with van der Waals surface area (Å²) >= 11 is 1.37. The van der Waals surface area contributed by atoms with Gasteiger partial charge in [0.25, 0.3) is 11.2 Å². The maximum absolute atomic E-state index is 12.7. The molecule has 9 nitrogen and oxygen atoms in total. The molecule has 2 aromatic rings. The highest BCUT2D eigenvalue weighted by atomic mass is 32.2. The number of anilines is 1. The van der Waals surface area contributed by atoms with E-state index in [2.05, 4.69) is 10.3 Å². The van der Waals surface area contributed by atoms with Gasteiger partial charge in [-0.3, -0.25) is 24.3 Å². The Bertz CT molecular complexity index is 1000. The number of nitro benzene ring substituents is 1. The van der Waals surface area contributed by atoms with E-state index in [1.807, 2.05) is 13.8 Å². The first-order valence-electron chi connectivity index (χ1n) is 8.72. The van der Waals surface area contributed by atoms with Crippen molar-refractivity contribution >= 4 is 29.0 Å². The summed E-state index contributed by atoms with van der Waals surface area (Å²) in [5.74, 6) is -0.0346. The number of carbonyl (C=O) groups excluding carboxylic acids is 1. The van der Waals surface area contributed by atoms with E-state index in [-0.39, 0.29) is 29.4 Å². The third-order valence-electron chi connectivity index (χ3n) is 4.63. The summed E-state index contributed by atoms with van der Waals surface area (Å²) in [6.45, 7) is 3.96. The number of nitrogens with one attached hydrogen (secondary N) is 1. The van der Waals surface area contributed by atoms with Crippen molar-refractivity contribution in [1.82, 2.24) is 9.55 Å². The minimum Gasteiger partial charge on any atom is -0.494 e. The smallest absolute Gasteiger partial charge is 0.273 e. The van der Waals surface area contributed by atoms with Crippen LogP contribution >= 0.6 is 11.8 Å². The van der Waals surface area contributed by atoms with Gasteiger partial charge in [0.15, 0.2) is 5.16 Å². The summed E-state index contributed by atoms with van der Waals surface area (Å²) in [5, 5.41) is 14.3. The van der Waals surface area contributed by atoms with E-state index in [0.29, 0.717) is 28.6 Å². The lowest BCUT2D eigenvalue weighted by atomic mass is 10.1. The van der Waals surface area contributed by atoms with Gasteiger partial charge < -0.3 is 10.1 Å². The molecule has 1 aromatic heterocycles. The number of fused-ring (bicyclic) bond motifs is 1. The van der Waals surface area contributed by atoms with Gasteiger partial charge in [0.2, 0.25) is 5.91 Å². The summed E-state index contributed by atoms with van der Waals surface area (Å²) in [5.41, 5.74) is 1.49. The Hall–Kier alpha value is -2.88. The Morgan fingerprint density at radius 3 is 2.89 bits per heavy atom. The zero-order chi connectivity index (χ0) is 20.4. The first kappa shape index (κ1) is 19.9. The Balaban J connectivity index is 1.82. The lowest BCUT2D eigenvalue weighted by molar-refractivity contribution is -0.384. The maximum Gasteiger partial charge on any atom is 0.273 e. The van der Waals surface area contributed by atoms with E-state index < -0.39 is 10.8 Å². The van der Waals surface area contributed by atoms with Crippen LogP contribution in [0.1, 0.15) is 18.2 Å². The number of benzene rings is 1. The number of rotatable bonds is 5. The van der Waals surface area contributed by atoms with Gasteiger partial charge in [0.1, 0.15) is 5.75 Å². The number of nitrogens with zero attached hydrogens (tertiary/aromatic N) is 3. The van der Waals surface area contributed by atoms with Gasteiger partial charge in [-0.25, -0.2) is 4.98 Å². The third-order valence-corrected chi connectivity index (χ3v) is 5.77. The predicted molar refractivity (Wildman–Crippen MR) is 105 cm³/mol. The number of aryl methyl sites for hydroxylation is 1. The molecule has 0 aliphatic carbocycles. The standard InChI is InChI=1S/C18H20N4O5S/c1-4-13-10(2)19-18-21(17(13)24)8-11(9-28-18)16(23)20-14-6-5-12(22(25)26)7-15(14)27-3/h5-7,11H,4,8-9H2,1-3H3,(H,20,23). The lowest BCUT2D eigenvalue weighted by Gasteiger charge is -2.25. The molecule has 1 atom stereocenters. The highest BCUT2D eigenvalue weighted by Gasteiger charge is 2.28. The number of carbonyl (C=O) groups is 1. The normalized spacial score (nSPS) is 15.6. The topological polar surface area (TPSA) is 116 Å². The SMILES string of the molecule is CCc1c(C)nc2n(c1=O)CC(C(=O)Nc1ccc([N+](=O)[O-])cc1OC)CS2. The molecular weight excluding hydrogens is 384 g/mol. The fourth-order valence-electron chi connectivity index (χ4n) is 3.09. The summed E-state index contributed by atoms with van der Waals surface area (Å²) < 4.78 is 6.71. The van der Waals surface area contributed by atoms with Crippen LogP contribution in [0.2, 0.25) is 0 Å². The molecule has 0 fully saturated rings. The highest BCUT2D eigenvalue weighted by molar-refractivity contribution is 7.99. The van der Waals surface area contributed by atoms with Gasteiger partial charge >= 0.3 is 0 Å². The van der Waals surface area contributed by atoms with Gasteiger partial charge in [0, 0.05) is 29.6 Å². The number of non-ortho nitro benzene ring substituents is 1. The largest absolute Gasteiger partial charge is 0.494 e.